The SMILES string of the molecule is O=C([O-])c1ccc(NC2C[C@@H]3CN(CC4CCOCC4)C[C@@H]3C2)nn1.[Li+]. The molecule has 1 aliphatic carbocycles. The Balaban J connectivity index is 0.00000196. The van der Waals surface area contributed by atoms with E-state index in [9.17, 15) is 9.90 Å². The van der Waals surface area contributed by atoms with E-state index in [1.807, 2.05) is 0 Å². The van der Waals surface area contributed by atoms with Gasteiger partial charge >= 0.3 is 18.9 Å². The summed E-state index contributed by atoms with van der Waals surface area (Å²) in [5, 5.41) is 21.7. The van der Waals surface area contributed by atoms with Gasteiger partial charge in [-0.2, -0.15) is 0 Å². The molecule has 1 aromatic heterocycles. The Kier molecular flexibility index (Phi) is 6.57. The molecule has 4 rings (SSSR count). The second-order valence-corrected chi connectivity index (χ2v) is 7.70. The van der Waals surface area contributed by atoms with Gasteiger partial charge < -0.3 is 24.9 Å². The molecule has 0 spiro atoms. The summed E-state index contributed by atoms with van der Waals surface area (Å²) in [5.41, 5.74) is -0.127. The fourth-order valence-corrected chi connectivity index (χ4v) is 4.69. The standard InChI is InChI=1S/C18H26N4O3.Li/c23-18(24)16-1-2-17(21-20-16)19-15-7-13-10-22(11-14(13)8-15)9-12-3-5-25-6-4-12;/h1-2,12-15H,3-11H2,(H,19,21)(H,23,24);/q;+1/p-1/t13-,14+,15?;. The average molecular weight is 352 g/mol. The van der Waals surface area contributed by atoms with Crippen molar-refractivity contribution in [2.24, 2.45) is 17.8 Å². The van der Waals surface area contributed by atoms with E-state index in [1.165, 1.54) is 38.5 Å². The van der Waals surface area contributed by atoms with Crippen molar-refractivity contribution >= 4 is 11.8 Å². The molecule has 1 unspecified atom stereocenters. The van der Waals surface area contributed by atoms with Gasteiger partial charge in [0, 0.05) is 38.9 Å². The Bertz CT molecular complexity index is 595. The predicted octanol–water partition coefficient (Wildman–Crippen LogP) is -2.61. The van der Waals surface area contributed by atoms with Gasteiger partial charge in [-0.1, -0.05) is 0 Å². The van der Waals surface area contributed by atoms with E-state index in [0.29, 0.717) is 11.9 Å². The minimum Gasteiger partial charge on any atom is -0.543 e. The van der Waals surface area contributed by atoms with Crippen molar-refractivity contribution in [2.45, 2.75) is 31.7 Å². The first-order chi connectivity index (χ1) is 12.2. The minimum absolute atomic E-state index is 0. The van der Waals surface area contributed by atoms with Crippen molar-refractivity contribution in [3.8, 4) is 0 Å². The molecule has 3 fully saturated rings. The quantitative estimate of drug-likeness (QED) is 0.581. The topological polar surface area (TPSA) is 90.4 Å². The molecule has 0 aromatic carbocycles. The van der Waals surface area contributed by atoms with E-state index in [0.717, 1.165) is 43.8 Å². The third-order valence-electron chi connectivity index (χ3n) is 5.91. The number of hydrogen-bond donors (Lipinski definition) is 1. The van der Waals surface area contributed by atoms with E-state index in [-0.39, 0.29) is 24.6 Å². The van der Waals surface area contributed by atoms with Crippen LogP contribution in [-0.4, -0.2) is 60.0 Å². The number of carbonyl (C=O) groups excluding carboxylic acids is 1. The molecule has 1 N–H and O–H groups in total. The molecule has 0 amide bonds. The molecule has 2 aliphatic heterocycles. The van der Waals surface area contributed by atoms with Crippen LogP contribution in [0.1, 0.15) is 36.2 Å². The Morgan fingerprint density at radius 3 is 2.46 bits per heavy atom. The number of nitrogens with one attached hydrogen (secondary N) is 1. The van der Waals surface area contributed by atoms with Gasteiger partial charge in [-0.15, -0.1) is 10.2 Å². The van der Waals surface area contributed by atoms with Gasteiger partial charge in [0.05, 0.1) is 5.97 Å². The fraction of sp³-hybridized carbons (Fsp3) is 0.722. The number of aromatic carboxylic acids is 1. The van der Waals surface area contributed by atoms with Gasteiger partial charge in [0.2, 0.25) is 0 Å². The first kappa shape index (κ1) is 19.6. The fourth-order valence-electron chi connectivity index (χ4n) is 4.69. The molecule has 136 valence electrons. The largest absolute Gasteiger partial charge is 1.00 e. The molecule has 1 saturated carbocycles. The van der Waals surface area contributed by atoms with Crippen molar-refractivity contribution in [3.05, 3.63) is 17.8 Å². The van der Waals surface area contributed by atoms with Gasteiger partial charge in [0.15, 0.2) is 0 Å². The molecular weight excluding hydrogens is 327 g/mol. The molecule has 7 nitrogen and oxygen atoms in total. The normalized spacial score (nSPS) is 29.2. The maximum absolute atomic E-state index is 10.7. The van der Waals surface area contributed by atoms with Crippen molar-refractivity contribution in [1.29, 1.82) is 0 Å². The van der Waals surface area contributed by atoms with Crippen LogP contribution < -0.4 is 29.3 Å². The second kappa shape index (κ2) is 8.70. The molecule has 1 aromatic rings. The summed E-state index contributed by atoms with van der Waals surface area (Å²) in [6.45, 7) is 5.49. The molecular formula is C18H25LiN4O3. The van der Waals surface area contributed by atoms with Crippen LogP contribution in [0.2, 0.25) is 0 Å². The molecule has 2 saturated heterocycles. The molecule has 0 bridgehead atoms. The van der Waals surface area contributed by atoms with Crippen LogP contribution in [-0.2, 0) is 4.74 Å². The number of hydrogen-bond acceptors (Lipinski definition) is 7. The first-order valence-electron chi connectivity index (χ1n) is 9.29. The molecule has 3 atom stereocenters. The van der Waals surface area contributed by atoms with E-state index in [4.69, 9.17) is 4.74 Å². The number of rotatable bonds is 5. The summed E-state index contributed by atoms with van der Waals surface area (Å²) in [6, 6.07) is 3.52. The summed E-state index contributed by atoms with van der Waals surface area (Å²) in [7, 11) is 0. The van der Waals surface area contributed by atoms with Gasteiger partial charge in [0.25, 0.3) is 0 Å². The van der Waals surface area contributed by atoms with Gasteiger partial charge in [0.1, 0.15) is 11.5 Å². The summed E-state index contributed by atoms with van der Waals surface area (Å²) < 4.78 is 5.46. The molecule has 0 radical (unpaired) electrons. The van der Waals surface area contributed by atoms with Crippen LogP contribution in [0.15, 0.2) is 12.1 Å². The summed E-state index contributed by atoms with van der Waals surface area (Å²) >= 11 is 0. The number of anilines is 1. The molecule has 3 aliphatic rings. The zero-order valence-corrected chi connectivity index (χ0v) is 15.4. The van der Waals surface area contributed by atoms with E-state index >= 15 is 0 Å². The van der Waals surface area contributed by atoms with Crippen LogP contribution in [0.5, 0.6) is 0 Å². The number of carbonyl (C=O) groups is 1. The van der Waals surface area contributed by atoms with Crippen molar-refractivity contribution < 1.29 is 33.5 Å². The zero-order chi connectivity index (χ0) is 17.2. The summed E-state index contributed by atoms with van der Waals surface area (Å²) in [5.74, 6) is 1.67. The van der Waals surface area contributed by atoms with Crippen molar-refractivity contribution in [2.75, 3.05) is 38.2 Å². The van der Waals surface area contributed by atoms with Crippen LogP contribution in [0.3, 0.4) is 0 Å². The number of nitrogens with zero attached hydrogens (tertiary/aromatic N) is 3. The Labute approximate surface area is 166 Å². The van der Waals surface area contributed by atoms with Crippen LogP contribution in [0.25, 0.3) is 0 Å². The minimum atomic E-state index is -1.29. The maximum atomic E-state index is 10.7. The number of aromatic nitrogens is 2. The van der Waals surface area contributed by atoms with Crippen LogP contribution in [0, 0.1) is 17.8 Å². The zero-order valence-electron chi connectivity index (χ0n) is 15.4. The van der Waals surface area contributed by atoms with E-state index in [1.54, 1.807) is 6.07 Å². The van der Waals surface area contributed by atoms with Crippen molar-refractivity contribution in [3.63, 3.8) is 0 Å². The Morgan fingerprint density at radius 2 is 1.88 bits per heavy atom. The van der Waals surface area contributed by atoms with E-state index < -0.39 is 5.97 Å². The maximum Gasteiger partial charge on any atom is 1.00 e. The first-order valence-corrected chi connectivity index (χ1v) is 9.29. The van der Waals surface area contributed by atoms with Gasteiger partial charge in [-0.3, -0.25) is 0 Å². The van der Waals surface area contributed by atoms with Crippen LogP contribution in [0.4, 0.5) is 5.82 Å². The molecule has 3 heterocycles. The number of likely N-dealkylation sites (tertiary alicyclic amines) is 1. The third kappa shape index (κ3) is 4.58. The molecule has 26 heavy (non-hydrogen) atoms. The third-order valence-corrected chi connectivity index (χ3v) is 5.91. The Hall–Kier alpha value is -1.13. The second-order valence-electron chi connectivity index (χ2n) is 7.70. The van der Waals surface area contributed by atoms with Gasteiger partial charge in [-0.05, 0) is 55.6 Å². The molecule has 8 heteroatoms. The summed E-state index contributed by atoms with van der Waals surface area (Å²) in [6.07, 6.45) is 4.71. The number of fused-ring (bicyclic) bond motifs is 1. The number of ether oxygens (including phenoxy) is 1. The monoisotopic (exact) mass is 352 g/mol. The van der Waals surface area contributed by atoms with E-state index in [2.05, 4.69) is 20.4 Å². The number of carboxylic acid groups (broad SMARTS) is 1. The predicted molar refractivity (Wildman–Crippen MR) is 90.0 cm³/mol. The summed E-state index contributed by atoms with van der Waals surface area (Å²) in [4.78, 5) is 13.4. The smallest absolute Gasteiger partial charge is 0.543 e. The van der Waals surface area contributed by atoms with Crippen molar-refractivity contribution in [1.82, 2.24) is 15.1 Å². The van der Waals surface area contributed by atoms with Gasteiger partial charge in [-0.25, -0.2) is 0 Å². The van der Waals surface area contributed by atoms with Crippen LogP contribution >= 0.6 is 0 Å². The number of carboxylic acids is 1. The average Bonchev–Trinajstić information content (AvgIpc) is 3.14. The Morgan fingerprint density at radius 1 is 1.19 bits per heavy atom.